The Labute approximate surface area is 303 Å². The van der Waals surface area contributed by atoms with Crippen LogP contribution in [0.2, 0.25) is 0 Å². The van der Waals surface area contributed by atoms with Crippen LogP contribution in [0.5, 0.6) is 0 Å². The number of phosphoric ester groups is 1. The van der Waals surface area contributed by atoms with Crippen molar-refractivity contribution in [1.29, 1.82) is 0 Å². The number of phosphoric acid groups is 1. The molecule has 0 aromatic rings. The predicted octanol–water partition coefficient (Wildman–Crippen LogP) is 11.3. The van der Waals surface area contributed by atoms with Crippen molar-refractivity contribution >= 4 is 19.8 Å². The van der Waals surface area contributed by atoms with Crippen LogP contribution < -0.4 is 0 Å². The van der Waals surface area contributed by atoms with Crippen LogP contribution in [-0.4, -0.2) is 41.0 Å². The molecule has 50 heavy (non-hydrogen) atoms. The number of ether oxygens (including phenoxy) is 2. The molecule has 0 saturated carbocycles. The summed E-state index contributed by atoms with van der Waals surface area (Å²) in [5.41, 5.74) is 0. The predicted molar refractivity (Wildman–Crippen MR) is 207 cm³/mol. The van der Waals surface area contributed by atoms with E-state index in [1.807, 2.05) is 12.2 Å². The second kappa shape index (κ2) is 36.0. The molecule has 0 aromatic carbocycles. The minimum Gasteiger partial charge on any atom is -0.462 e. The highest BCUT2D eigenvalue weighted by atomic mass is 31.2. The Balaban J connectivity index is 4.16. The summed E-state index contributed by atoms with van der Waals surface area (Å²) in [5, 5.41) is 0. The van der Waals surface area contributed by atoms with Crippen LogP contribution in [0, 0.1) is 0 Å². The number of hydrogen-bond acceptors (Lipinski definition) is 6. The maximum absolute atomic E-state index is 12.3. The zero-order valence-electron chi connectivity index (χ0n) is 31.0. The van der Waals surface area contributed by atoms with Crippen molar-refractivity contribution in [3.63, 3.8) is 0 Å². The zero-order chi connectivity index (χ0) is 36.8. The van der Waals surface area contributed by atoms with Gasteiger partial charge in [0.15, 0.2) is 6.10 Å². The lowest BCUT2D eigenvalue weighted by atomic mass is 10.1. The second-order valence-electron chi connectivity index (χ2n) is 12.2. The Morgan fingerprint density at radius 2 is 1.00 bits per heavy atom. The maximum atomic E-state index is 12.3. The largest absolute Gasteiger partial charge is 0.469 e. The average molecular weight is 719 g/mol. The monoisotopic (exact) mass is 718 g/mol. The Bertz CT molecular complexity index is 1080. The van der Waals surface area contributed by atoms with Crippen LogP contribution >= 0.6 is 7.82 Å². The van der Waals surface area contributed by atoms with E-state index in [9.17, 15) is 14.2 Å². The van der Waals surface area contributed by atoms with Gasteiger partial charge in [0, 0.05) is 12.8 Å². The van der Waals surface area contributed by atoms with Gasteiger partial charge in [0.2, 0.25) is 0 Å². The van der Waals surface area contributed by atoms with Crippen molar-refractivity contribution in [3.8, 4) is 0 Å². The highest BCUT2D eigenvalue weighted by Gasteiger charge is 2.22. The van der Waals surface area contributed by atoms with E-state index in [2.05, 4.69) is 91.3 Å². The molecule has 0 aliphatic rings. The van der Waals surface area contributed by atoms with Crippen molar-refractivity contribution in [3.05, 3.63) is 85.1 Å². The van der Waals surface area contributed by atoms with E-state index in [1.165, 1.54) is 38.5 Å². The van der Waals surface area contributed by atoms with Crippen LogP contribution in [-0.2, 0) is 28.2 Å². The van der Waals surface area contributed by atoms with Crippen molar-refractivity contribution in [2.45, 2.75) is 148 Å². The minimum atomic E-state index is -4.78. The van der Waals surface area contributed by atoms with Gasteiger partial charge >= 0.3 is 19.8 Å². The fourth-order valence-electron chi connectivity index (χ4n) is 4.63. The van der Waals surface area contributed by atoms with Gasteiger partial charge in [-0.05, 0) is 77.0 Å². The Hall–Kier alpha value is -2.77. The van der Waals surface area contributed by atoms with Crippen LogP contribution in [0.3, 0.4) is 0 Å². The van der Waals surface area contributed by atoms with Crippen molar-refractivity contribution in [2.75, 3.05) is 13.2 Å². The van der Waals surface area contributed by atoms with Gasteiger partial charge in [-0.2, -0.15) is 0 Å². The van der Waals surface area contributed by atoms with E-state index in [1.54, 1.807) is 0 Å². The first-order valence-corrected chi connectivity index (χ1v) is 20.4. The van der Waals surface area contributed by atoms with E-state index in [0.29, 0.717) is 12.8 Å². The topological polar surface area (TPSA) is 119 Å². The molecule has 284 valence electrons. The van der Waals surface area contributed by atoms with Crippen LogP contribution in [0.15, 0.2) is 85.1 Å². The molecule has 0 unspecified atom stereocenters. The molecule has 1 atom stereocenters. The Morgan fingerprint density at radius 1 is 0.540 bits per heavy atom. The molecule has 0 fully saturated rings. The molecule has 0 saturated heterocycles. The summed E-state index contributed by atoms with van der Waals surface area (Å²) in [7, 11) is -4.78. The number of esters is 2. The summed E-state index contributed by atoms with van der Waals surface area (Å²) in [6.45, 7) is 3.46. The quantitative estimate of drug-likeness (QED) is 0.0298. The molecule has 0 radical (unpaired) electrons. The molecule has 0 aliphatic heterocycles. The highest BCUT2D eigenvalue weighted by Crippen LogP contribution is 2.35. The molecule has 0 amide bonds. The molecular weight excluding hydrogens is 651 g/mol. The fourth-order valence-corrected chi connectivity index (χ4v) is 4.99. The standard InChI is InChI=1S/C41H67O8P/c1-3-5-7-9-11-13-15-17-18-19-20-21-22-24-26-28-30-32-34-36-41(43)49-39(38-48-50(44,45)46)37-47-40(42)35-33-31-29-27-25-23-16-14-12-10-8-6-4-2/h5,7,11,13,17-18,20-21,23-26,30,32,39H,3-4,6,8-10,12,14-16,19,22,27-29,31,33-38H2,1-2H3,(H2,44,45,46)/b7-5+,13-11+,18-17+,21-20+,25-23+,26-24+,32-30+/t39-/m1/s1. The zero-order valence-corrected chi connectivity index (χ0v) is 31.9. The first-order chi connectivity index (χ1) is 24.3. The first-order valence-electron chi connectivity index (χ1n) is 18.9. The number of unbranched alkanes of at least 4 members (excludes halogenated alkanes) is 9. The molecule has 9 heteroatoms. The van der Waals surface area contributed by atoms with Crippen molar-refractivity contribution in [2.24, 2.45) is 0 Å². The molecule has 2 N–H and O–H groups in total. The molecule has 0 bridgehead atoms. The van der Waals surface area contributed by atoms with Crippen molar-refractivity contribution in [1.82, 2.24) is 0 Å². The van der Waals surface area contributed by atoms with Crippen LogP contribution in [0.25, 0.3) is 0 Å². The fraction of sp³-hybridized carbons (Fsp3) is 0.610. The number of hydrogen-bond donors (Lipinski definition) is 2. The average Bonchev–Trinajstić information content (AvgIpc) is 3.08. The SMILES string of the molecule is CC/C=C/C/C=C/C/C=C/C/C=C/C/C=C/C/C=C/CCC(=O)O[C@H](COC(=O)CCCCC/C=C/CCCCCCCC)COP(=O)(O)O. The summed E-state index contributed by atoms with van der Waals surface area (Å²) in [6, 6.07) is 0. The molecular formula is C41H67O8P. The van der Waals surface area contributed by atoms with Gasteiger partial charge in [0.05, 0.1) is 6.61 Å². The third-order valence-electron chi connectivity index (χ3n) is 7.41. The molecule has 0 rings (SSSR count). The third kappa shape index (κ3) is 38.0. The Morgan fingerprint density at radius 3 is 1.52 bits per heavy atom. The number of rotatable bonds is 33. The van der Waals surface area contributed by atoms with E-state index >= 15 is 0 Å². The maximum Gasteiger partial charge on any atom is 0.469 e. The molecule has 0 aromatic heterocycles. The lowest BCUT2D eigenvalue weighted by Gasteiger charge is -2.18. The summed E-state index contributed by atoms with van der Waals surface area (Å²) >= 11 is 0. The lowest BCUT2D eigenvalue weighted by molar-refractivity contribution is -0.161. The molecule has 8 nitrogen and oxygen atoms in total. The van der Waals surface area contributed by atoms with Gasteiger partial charge in [-0.15, -0.1) is 0 Å². The smallest absolute Gasteiger partial charge is 0.462 e. The van der Waals surface area contributed by atoms with Gasteiger partial charge < -0.3 is 19.3 Å². The Kier molecular flexibility index (Phi) is 34.0. The number of carbonyl (C=O) groups is 2. The summed E-state index contributed by atoms with van der Waals surface area (Å²) in [5.74, 6) is -1.01. The van der Waals surface area contributed by atoms with Crippen molar-refractivity contribution < 1.29 is 37.9 Å². The second-order valence-corrected chi connectivity index (χ2v) is 13.4. The number of carbonyl (C=O) groups excluding carboxylic acids is 2. The molecule has 0 spiro atoms. The van der Waals surface area contributed by atoms with Gasteiger partial charge in [-0.25, -0.2) is 4.57 Å². The van der Waals surface area contributed by atoms with Gasteiger partial charge in [0.25, 0.3) is 0 Å². The summed E-state index contributed by atoms with van der Waals surface area (Å²) in [6.07, 6.45) is 47.5. The first kappa shape index (κ1) is 47.2. The van der Waals surface area contributed by atoms with Gasteiger partial charge in [0.1, 0.15) is 6.61 Å². The van der Waals surface area contributed by atoms with E-state index in [-0.39, 0.29) is 19.4 Å². The van der Waals surface area contributed by atoms with Crippen LogP contribution in [0.1, 0.15) is 142 Å². The van der Waals surface area contributed by atoms with E-state index in [4.69, 9.17) is 19.3 Å². The van der Waals surface area contributed by atoms with Gasteiger partial charge in [-0.1, -0.05) is 137 Å². The van der Waals surface area contributed by atoms with E-state index < -0.39 is 32.5 Å². The summed E-state index contributed by atoms with van der Waals surface area (Å²) in [4.78, 5) is 42.6. The number of allylic oxidation sites excluding steroid dienone is 14. The third-order valence-corrected chi connectivity index (χ3v) is 7.90. The lowest BCUT2D eigenvalue weighted by Crippen LogP contribution is -2.29. The van der Waals surface area contributed by atoms with E-state index in [0.717, 1.165) is 64.2 Å². The summed E-state index contributed by atoms with van der Waals surface area (Å²) < 4.78 is 26.2. The van der Waals surface area contributed by atoms with Crippen LogP contribution in [0.4, 0.5) is 0 Å². The van der Waals surface area contributed by atoms with Gasteiger partial charge in [-0.3, -0.25) is 14.1 Å². The molecule has 0 heterocycles. The molecule has 0 aliphatic carbocycles. The normalized spacial score (nSPS) is 13.4. The minimum absolute atomic E-state index is 0.0793. The highest BCUT2D eigenvalue weighted by molar-refractivity contribution is 7.46.